The molecule has 0 spiro atoms. The summed E-state index contributed by atoms with van der Waals surface area (Å²) in [6.45, 7) is 3.87. The highest BCUT2D eigenvalue weighted by atomic mass is 16.5. The Morgan fingerprint density at radius 2 is 1.68 bits per heavy atom. The molecule has 0 unspecified atom stereocenters. The van der Waals surface area contributed by atoms with Crippen LogP contribution in [0.1, 0.15) is 24.2 Å². The van der Waals surface area contributed by atoms with Gasteiger partial charge in [0.15, 0.2) is 5.76 Å². The van der Waals surface area contributed by atoms with Crippen LogP contribution in [0.4, 0.5) is 0 Å². The Labute approximate surface area is 148 Å². The van der Waals surface area contributed by atoms with E-state index in [1.807, 2.05) is 6.07 Å². The zero-order valence-corrected chi connectivity index (χ0v) is 14.3. The molecule has 0 amide bonds. The molecule has 4 heteroatoms. The van der Waals surface area contributed by atoms with Crippen molar-refractivity contribution >= 4 is 0 Å². The fourth-order valence-electron chi connectivity index (χ4n) is 3.43. The van der Waals surface area contributed by atoms with Crippen LogP contribution in [0.2, 0.25) is 0 Å². The number of nitrogens with two attached hydrogens (primary N) is 1. The summed E-state index contributed by atoms with van der Waals surface area (Å²) in [6.07, 6.45) is 2.66. The molecule has 0 radical (unpaired) electrons. The van der Waals surface area contributed by atoms with Crippen LogP contribution in [0.15, 0.2) is 59.1 Å². The molecule has 4 nitrogen and oxygen atoms in total. The number of nitrogens with zero attached hydrogens (tertiary/aromatic N) is 2. The Bertz CT molecular complexity index is 832. The maximum atomic E-state index is 5.58. The summed E-state index contributed by atoms with van der Waals surface area (Å²) in [7, 11) is 0. The molecule has 0 aliphatic carbocycles. The molecule has 1 fully saturated rings. The highest BCUT2D eigenvalue weighted by molar-refractivity contribution is 5.69. The van der Waals surface area contributed by atoms with E-state index in [2.05, 4.69) is 58.6 Å². The Hall–Kier alpha value is -2.43. The van der Waals surface area contributed by atoms with Crippen LogP contribution in [0.5, 0.6) is 0 Å². The van der Waals surface area contributed by atoms with Crippen LogP contribution in [-0.4, -0.2) is 23.1 Å². The van der Waals surface area contributed by atoms with Crippen molar-refractivity contribution < 1.29 is 4.52 Å². The van der Waals surface area contributed by atoms with Crippen molar-refractivity contribution in [1.29, 1.82) is 0 Å². The molecule has 2 N–H and O–H groups in total. The van der Waals surface area contributed by atoms with Crippen LogP contribution in [0.3, 0.4) is 0 Å². The molecule has 2 aromatic carbocycles. The van der Waals surface area contributed by atoms with Gasteiger partial charge in [-0.1, -0.05) is 47.6 Å². The van der Waals surface area contributed by atoms with Gasteiger partial charge < -0.3 is 10.3 Å². The highest BCUT2D eigenvalue weighted by Gasteiger charge is 2.12. The van der Waals surface area contributed by atoms with Crippen LogP contribution in [-0.2, 0) is 13.1 Å². The summed E-state index contributed by atoms with van der Waals surface area (Å²) in [5, 5.41) is 4.07. The van der Waals surface area contributed by atoms with E-state index in [0.29, 0.717) is 12.3 Å². The number of hydrogen-bond acceptors (Lipinski definition) is 4. The summed E-state index contributed by atoms with van der Waals surface area (Å²) in [5.74, 6) is 0.702. The first kappa shape index (κ1) is 16.1. The predicted octanol–water partition coefficient (Wildman–Crippen LogP) is 4.06. The quantitative estimate of drug-likeness (QED) is 0.765. The number of benzene rings is 2. The average Bonchev–Trinajstić information content (AvgIpc) is 3.34. The third-order valence-corrected chi connectivity index (χ3v) is 4.81. The van der Waals surface area contributed by atoms with E-state index >= 15 is 0 Å². The minimum atomic E-state index is 0.370. The summed E-state index contributed by atoms with van der Waals surface area (Å²) in [5.41, 5.74) is 11.3. The Morgan fingerprint density at radius 1 is 0.920 bits per heavy atom. The molecule has 0 saturated carbocycles. The van der Waals surface area contributed by atoms with E-state index in [0.717, 1.165) is 17.8 Å². The van der Waals surface area contributed by atoms with Crippen molar-refractivity contribution in [3.63, 3.8) is 0 Å². The Balaban J connectivity index is 1.53. The number of hydrogen-bond donors (Lipinski definition) is 1. The molecule has 0 bridgehead atoms. The van der Waals surface area contributed by atoms with Gasteiger partial charge in [0.1, 0.15) is 5.69 Å². The van der Waals surface area contributed by atoms with Gasteiger partial charge in [-0.25, -0.2) is 0 Å². The molecule has 128 valence electrons. The zero-order chi connectivity index (χ0) is 17.1. The maximum Gasteiger partial charge on any atom is 0.150 e. The van der Waals surface area contributed by atoms with Gasteiger partial charge in [0.05, 0.1) is 6.54 Å². The van der Waals surface area contributed by atoms with E-state index in [-0.39, 0.29) is 0 Å². The van der Waals surface area contributed by atoms with Crippen LogP contribution in [0.25, 0.3) is 22.4 Å². The van der Waals surface area contributed by atoms with Gasteiger partial charge in [-0.3, -0.25) is 4.90 Å². The number of likely N-dealkylation sites (tertiary alicyclic amines) is 1. The molecule has 1 aliphatic rings. The highest BCUT2D eigenvalue weighted by Crippen LogP contribution is 2.26. The fourth-order valence-corrected chi connectivity index (χ4v) is 3.43. The first-order chi connectivity index (χ1) is 12.3. The van der Waals surface area contributed by atoms with Crippen LogP contribution >= 0.6 is 0 Å². The normalized spacial score (nSPS) is 14.9. The third-order valence-electron chi connectivity index (χ3n) is 4.81. The lowest BCUT2D eigenvalue weighted by Crippen LogP contribution is -2.18. The van der Waals surface area contributed by atoms with E-state index in [9.17, 15) is 0 Å². The van der Waals surface area contributed by atoms with Gasteiger partial charge in [-0.2, -0.15) is 0 Å². The monoisotopic (exact) mass is 333 g/mol. The fraction of sp³-hybridized carbons (Fsp3) is 0.286. The molecule has 25 heavy (non-hydrogen) atoms. The average molecular weight is 333 g/mol. The minimum Gasteiger partial charge on any atom is -0.359 e. The van der Waals surface area contributed by atoms with Gasteiger partial charge in [-0.05, 0) is 48.7 Å². The van der Waals surface area contributed by atoms with Crippen molar-refractivity contribution in [1.82, 2.24) is 10.1 Å². The van der Waals surface area contributed by atoms with Gasteiger partial charge in [0.2, 0.25) is 0 Å². The number of rotatable bonds is 5. The van der Waals surface area contributed by atoms with E-state index in [1.54, 1.807) is 0 Å². The first-order valence-electron chi connectivity index (χ1n) is 8.89. The second-order valence-electron chi connectivity index (χ2n) is 6.64. The first-order valence-corrected chi connectivity index (χ1v) is 8.89. The maximum absolute atomic E-state index is 5.58. The lowest BCUT2D eigenvalue weighted by Gasteiger charge is -2.15. The van der Waals surface area contributed by atoms with Crippen molar-refractivity contribution in [2.24, 2.45) is 5.73 Å². The van der Waals surface area contributed by atoms with E-state index in [1.165, 1.54) is 42.6 Å². The van der Waals surface area contributed by atoms with Crippen molar-refractivity contribution in [2.75, 3.05) is 13.1 Å². The SMILES string of the molecule is NCc1cc(-c2ccc(-c3cccc(CN4CCCC4)c3)cc2)no1. The lowest BCUT2D eigenvalue weighted by atomic mass is 10.0. The molecule has 1 aliphatic heterocycles. The van der Waals surface area contributed by atoms with Gasteiger partial charge in [0, 0.05) is 18.2 Å². The van der Waals surface area contributed by atoms with Crippen LogP contribution in [0, 0.1) is 0 Å². The largest absolute Gasteiger partial charge is 0.359 e. The number of aromatic nitrogens is 1. The van der Waals surface area contributed by atoms with Crippen molar-refractivity contribution in [3.8, 4) is 22.4 Å². The van der Waals surface area contributed by atoms with Crippen LogP contribution < -0.4 is 5.73 Å². The summed E-state index contributed by atoms with van der Waals surface area (Å²) >= 11 is 0. The van der Waals surface area contributed by atoms with Crippen molar-refractivity contribution in [3.05, 3.63) is 65.9 Å². The third kappa shape index (κ3) is 3.65. The van der Waals surface area contributed by atoms with Gasteiger partial charge in [-0.15, -0.1) is 0 Å². The zero-order valence-electron chi connectivity index (χ0n) is 14.3. The van der Waals surface area contributed by atoms with Gasteiger partial charge >= 0.3 is 0 Å². The Kier molecular flexibility index (Phi) is 4.63. The molecule has 4 rings (SSSR count). The standard InChI is InChI=1S/C21H23N3O/c22-14-20-13-21(23-25-20)18-8-6-17(7-9-18)19-5-3-4-16(12-19)15-24-10-1-2-11-24/h3-9,12-13H,1-2,10-11,14-15,22H2. The van der Waals surface area contributed by atoms with Crippen molar-refractivity contribution in [2.45, 2.75) is 25.9 Å². The predicted molar refractivity (Wildman–Crippen MR) is 99.8 cm³/mol. The summed E-state index contributed by atoms with van der Waals surface area (Å²) in [6, 6.07) is 19.2. The topological polar surface area (TPSA) is 55.3 Å². The summed E-state index contributed by atoms with van der Waals surface area (Å²) in [4.78, 5) is 2.53. The smallest absolute Gasteiger partial charge is 0.150 e. The molecule has 1 aromatic heterocycles. The summed E-state index contributed by atoms with van der Waals surface area (Å²) < 4.78 is 5.18. The second-order valence-corrected chi connectivity index (χ2v) is 6.64. The molecule has 3 aromatic rings. The van der Waals surface area contributed by atoms with Gasteiger partial charge in [0.25, 0.3) is 0 Å². The molecule has 0 atom stereocenters. The Morgan fingerprint density at radius 3 is 2.40 bits per heavy atom. The molecule has 2 heterocycles. The van der Waals surface area contributed by atoms with E-state index < -0.39 is 0 Å². The second kappa shape index (κ2) is 7.21. The molecular formula is C21H23N3O. The molecular weight excluding hydrogens is 310 g/mol. The molecule has 1 saturated heterocycles. The lowest BCUT2D eigenvalue weighted by molar-refractivity contribution is 0.331. The van der Waals surface area contributed by atoms with E-state index in [4.69, 9.17) is 10.3 Å². The minimum absolute atomic E-state index is 0.370.